The highest BCUT2D eigenvalue weighted by atomic mass is 35.5. The van der Waals surface area contributed by atoms with Crippen molar-refractivity contribution in [3.8, 4) is 0 Å². The van der Waals surface area contributed by atoms with Crippen molar-refractivity contribution in [2.45, 2.75) is 20.0 Å². The molecule has 0 saturated heterocycles. The molecule has 0 bridgehead atoms. The van der Waals surface area contributed by atoms with Crippen LogP contribution in [0.2, 0.25) is 0 Å². The molecule has 2 aromatic carbocycles. The van der Waals surface area contributed by atoms with Crippen LogP contribution in [0.15, 0.2) is 48.5 Å². The van der Waals surface area contributed by atoms with Crippen molar-refractivity contribution in [1.29, 1.82) is 0 Å². The van der Waals surface area contributed by atoms with Gasteiger partial charge in [0, 0.05) is 44.9 Å². The van der Waals surface area contributed by atoms with Crippen LogP contribution in [0.4, 0.5) is 0 Å². The number of halogens is 1. The van der Waals surface area contributed by atoms with Crippen LogP contribution in [0.25, 0.3) is 0 Å². The van der Waals surface area contributed by atoms with Crippen LogP contribution in [0.1, 0.15) is 38.8 Å². The molecular weight excluding hydrogens is 350 g/mol. The van der Waals surface area contributed by atoms with Crippen LogP contribution in [-0.4, -0.2) is 42.3 Å². The van der Waals surface area contributed by atoms with Gasteiger partial charge in [-0.1, -0.05) is 24.3 Å². The van der Waals surface area contributed by atoms with E-state index >= 15 is 0 Å². The molecule has 6 heteroatoms. The molecule has 140 valence electrons. The smallest absolute Gasteiger partial charge is 0.254 e. The lowest BCUT2D eigenvalue weighted by Gasteiger charge is -2.21. The van der Waals surface area contributed by atoms with Gasteiger partial charge in [-0.2, -0.15) is 0 Å². The van der Waals surface area contributed by atoms with Gasteiger partial charge < -0.3 is 15.5 Å². The molecule has 0 unspecified atom stereocenters. The summed E-state index contributed by atoms with van der Waals surface area (Å²) in [6.45, 7) is 3.53. The lowest BCUT2D eigenvalue weighted by molar-refractivity contribution is 0.0751. The van der Waals surface area contributed by atoms with E-state index in [0.717, 1.165) is 11.1 Å². The largest absolute Gasteiger partial charge is 0.345 e. The van der Waals surface area contributed by atoms with E-state index in [9.17, 15) is 9.59 Å². The SMILES string of the molecule is CCN(Cc1ccc(C(=O)N(C)C)cc1)C(=O)c1ccc(CN)cc1.Cl. The Bertz CT molecular complexity index is 728. The van der Waals surface area contributed by atoms with Crippen molar-refractivity contribution in [2.24, 2.45) is 5.73 Å². The maximum atomic E-state index is 12.7. The van der Waals surface area contributed by atoms with Gasteiger partial charge in [0.05, 0.1) is 0 Å². The molecule has 26 heavy (non-hydrogen) atoms. The molecule has 0 radical (unpaired) electrons. The van der Waals surface area contributed by atoms with E-state index < -0.39 is 0 Å². The first kappa shape index (κ1) is 21.7. The number of rotatable bonds is 6. The molecule has 2 rings (SSSR count). The predicted molar refractivity (Wildman–Crippen MR) is 106 cm³/mol. The Hall–Kier alpha value is -2.37. The highest BCUT2D eigenvalue weighted by Gasteiger charge is 2.15. The van der Waals surface area contributed by atoms with E-state index in [1.54, 1.807) is 36.0 Å². The second kappa shape index (κ2) is 9.94. The highest BCUT2D eigenvalue weighted by molar-refractivity contribution is 5.94. The second-order valence-corrected chi connectivity index (χ2v) is 6.12. The Kier molecular flexibility index (Phi) is 8.29. The van der Waals surface area contributed by atoms with Crippen molar-refractivity contribution >= 4 is 24.2 Å². The van der Waals surface area contributed by atoms with E-state index in [0.29, 0.717) is 30.8 Å². The van der Waals surface area contributed by atoms with E-state index in [2.05, 4.69) is 0 Å². The number of carbonyl (C=O) groups is 2. The zero-order valence-corrected chi connectivity index (χ0v) is 16.3. The minimum Gasteiger partial charge on any atom is -0.345 e. The van der Waals surface area contributed by atoms with Gasteiger partial charge in [0.15, 0.2) is 0 Å². The van der Waals surface area contributed by atoms with Gasteiger partial charge >= 0.3 is 0 Å². The van der Waals surface area contributed by atoms with Crippen LogP contribution < -0.4 is 5.73 Å². The number of amides is 2. The molecule has 2 amide bonds. The van der Waals surface area contributed by atoms with Crippen molar-refractivity contribution < 1.29 is 9.59 Å². The van der Waals surface area contributed by atoms with E-state index in [-0.39, 0.29) is 24.2 Å². The number of nitrogens with two attached hydrogens (primary N) is 1. The molecule has 0 aliphatic heterocycles. The van der Waals surface area contributed by atoms with Crippen LogP contribution in [-0.2, 0) is 13.1 Å². The predicted octanol–water partition coefficient (Wildman–Crippen LogP) is 2.93. The molecule has 0 aliphatic rings. The van der Waals surface area contributed by atoms with E-state index in [1.807, 2.05) is 43.3 Å². The molecule has 0 spiro atoms. The average Bonchev–Trinajstić information content (AvgIpc) is 2.65. The average molecular weight is 376 g/mol. The van der Waals surface area contributed by atoms with E-state index in [1.165, 1.54) is 0 Å². The molecule has 0 atom stereocenters. The van der Waals surface area contributed by atoms with Crippen molar-refractivity contribution in [1.82, 2.24) is 9.80 Å². The van der Waals surface area contributed by atoms with Crippen LogP contribution in [0, 0.1) is 0 Å². The van der Waals surface area contributed by atoms with Gasteiger partial charge in [-0.25, -0.2) is 0 Å². The summed E-state index contributed by atoms with van der Waals surface area (Å²) in [4.78, 5) is 27.9. The van der Waals surface area contributed by atoms with Gasteiger partial charge in [-0.3, -0.25) is 9.59 Å². The molecule has 0 saturated carbocycles. The summed E-state index contributed by atoms with van der Waals surface area (Å²) in [7, 11) is 3.45. The van der Waals surface area contributed by atoms with Crippen LogP contribution >= 0.6 is 12.4 Å². The summed E-state index contributed by atoms with van der Waals surface area (Å²) in [6.07, 6.45) is 0. The molecule has 5 nitrogen and oxygen atoms in total. The molecule has 0 fully saturated rings. The fraction of sp³-hybridized carbons (Fsp3) is 0.300. The molecular formula is C20H26ClN3O2. The van der Waals surface area contributed by atoms with Gasteiger partial charge in [0.25, 0.3) is 11.8 Å². The van der Waals surface area contributed by atoms with Crippen molar-refractivity contribution in [2.75, 3.05) is 20.6 Å². The molecule has 2 aromatic rings. The Morgan fingerprint density at radius 2 is 1.31 bits per heavy atom. The normalized spacial score (nSPS) is 10.0. The summed E-state index contributed by atoms with van der Waals surface area (Å²) < 4.78 is 0. The molecule has 0 aliphatic carbocycles. The number of carbonyl (C=O) groups excluding carboxylic acids is 2. The zero-order chi connectivity index (χ0) is 18.4. The Morgan fingerprint density at radius 3 is 1.73 bits per heavy atom. The first-order valence-corrected chi connectivity index (χ1v) is 8.35. The Labute approximate surface area is 161 Å². The quantitative estimate of drug-likeness (QED) is 0.844. The summed E-state index contributed by atoms with van der Waals surface area (Å²) in [5.41, 5.74) is 8.88. The fourth-order valence-electron chi connectivity index (χ4n) is 2.52. The molecule has 0 aromatic heterocycles. The van der Waals surface area contributed by atoms with Gasteiger partial charge in [0.1, 0.15) is 0 Å². The minimum absolute atomic E-state index is 0. The number of hydrogen-bond donors (Lipinski definition) is 1. The zero-order valence-electron chi connectivity index (χ0n) is 15.4. The first-order chi connectivity index (χ1) is 12.0. The van der Waals surface area contributed by atoms with Crippen LogP contribution in [0.3, 0.4) is 0 Å². The van der Waals surface area contributed by atoms with Crippen LogP contribution in [0.5, 0.6) is 0 Å². The Morgan fingerprint density at radius 1 is 0.846 bits per heavy atom. The lowest BCUT2D eigenvalue weighted by Crippen LogP contribution is -2.30. The highest BCUT2D eigenvalue weighted by Crippen LogP contribution is 2.13. The van der Waals surface area contributed by atoms with Gasteiger partial charge in [0.2, 0.25) is 0 Å². The number of hydrogen-bond acceptors (Lipinski definition) is 3. The summed E-state index contributed by atoms with van der Waals surface area (Å²) in [6, 6.07) is 14.8. The van der Waals surface area contributed by atoms with Crippen molar-refractivity contribution in [3.63, 3.8) is 0 Å². The number of benzene rings is 2. The van der Waals surface area contributed by atoms with Gasteiger partial charge in [-0.05, 0) is 42.3 Å². The minimum atomic E-state index is -0.0324. The molecule has 2 N–H and O–H groups in total. The van der Waals surface area contributed by atoms with Gasteiger partial charge in [-0.15, -0.1) is 12.4 Å². The topological polar surface area (TPSA) is 66.6 Å². The maximum absolute atomic E-state index is 12.7. The first-order valence-electron chi connectivity index (χ1n) is 8.35. The summed E-state index contributed by atoms with van der Waals surface area (Å²) in [5, 5.41) is 0. The fourth-order valence-corrected chi connectivity index (χ4v) is 2.52. The Balaban J connectivity index is 0.00000338. The second-order valence-electron chi connectivity index (χ2n) is 6.12. The standard InChI is InChI=1S/C20H25N3O2.ClH/c1-4-23(20(25)18-9-5-15(13-21)6-10-18)14-16-7-11-17(12-8-16)19(24)22(2)3;/h5-12H,4,13-14,21H2,1-3H3;1H. The third-order valence-electron chi connectivity index (χ3n) is 4.09. The van der Waals surface area contributed by atoms with Crippen molar-refractivity contribution in [3.05, 3.63) is 70.8 Å². The third-order valence-corrected chi connectivity index (χ3v) is 4.09. The number of nitrogens with zero attached hydrogens (tertiary/aromatic N) is 2. The maximum Gasteiger partial charge on any atom is 0.254 e. The monoisotopic (exact) mass is 375 g/mol. The summed E-state index contributed by atoms with van der Waals surface area (Å²) in [5.74, 6) is -0.0468. The van der Waals surface area contributed by atoms with E-state index in [4.69, 9.17) is 5.73 Å². The lowest BCUT2D eigenvalue weighted by atomic mass is 10.1. The molecule has 0 heterocycles. The summed E-state index contributed by atoms with van der Waals surface area (Å²) >= 11 is 0. The third kappa shape index (κ3) is 5.31.